The predicted molar refractivity (Wildman–Crippen MR) is 92.1 cm³/mol. The van der Waals surface area contributed by atoms with Gasteiger partial charge in [0.2, 0.25) is 5.82 Å². The second-order valence-corrected chi connectivity index (χ2v) is 5.81. The first kappa shape index (κ1) is 15.3. The normalized spacial score (nSPS) is 11.0. The van der Waals surface area contributed by atoms with E-state index in [1.807, 2.05) is 37.4 Å². The van der Waals surface area contributed by atoms with Gasteiger partial charge in [-0.05, 0) is 36.8 Å². The van der Waals surface area contributed by atoms with Gasteiger partial charge in [0.1, 0.15) is 5.82 Å². The van der Waals surface area contributed by atoms with Gasteiger partial charge in [0.25, 0.3) is 5.89 Å². The van der Waals surface area contributed by atoms with Crippen LogP contribution in [-0.4, -0.2) is 19.9 Å². The Morgan fingerprint density at radius 3 is 2.60 bits per heavy atom. The van der Waals surface area contributed by atoms with E-state index in [-0.39, 0.29) is 5.82 Å². The van der Waals surface area contributed by atoms with E-state index in [1.54, 1.807) is 29.9 Å². The zero-order chi connectivity index (χ0) is 17.4. The van der Waals surface area contributed by atoms with E-state index in [2.05, 4.69) is 15.2 Å². The molecular formula is C19H15FN4O. The van der Waals surface area contributed by atoms with Crippen LogP contribution in [0.1, 0.15) is 5.56 Å². The van der Waals surface area contributed by atoms with E-state index < -0.39 is 0 Å². The first-order valence-electron chi connectivity index (χ1n) is 7.81. The quantitative estimate of drug-likeness (QED) is 0.562. The fourth-order valence-corrected chi connectivity index (χ4v) is 2.66. The number of aromatic nitrogens is 4. The van der Waals surface area contributed by atoms with Crippen LogP contribution in [0.2, 0.25) is 0 Å². The molecule has 4 aromatic rings. The van der Waals surface area contributed by atoms with Gasteiger partial charge < -0.3 is 4.52 Å². The van der Waals surface area contributed by atoms with Crippen LogP contribution in [0, 0.1) is 12.7 Å². The summed E-state index contributed by atoms with van der Waals surface area (Å²) in [5.41, 5.74) is 3.95. The van der Waals surface area contributed by atoms with Crippen molar-refractivity contribution in [2.75, 3.05) is 0 Å². The van der Waals surface area contributed by atoms with Crippen molar-refractivity contribution in [2.45, 2.75) is 6.92 Å². The minimum absolute atomic E-state index is 0.292. The standard InChI is InChI=1S/C19H15FN4O/c1-12-6-7-15(11-16(12)20)19-22-18(23-25-19)14-5-3-4-13(10-14)17-8-9-21-24(17)2/h3-11H,1-2H3. The molecule has 0 fully saturated rings. The topological polar surface area (TPSA) is 56.7 Å². The van der Waals surface area contributed by atoms with Crippen LogP contribution in [0.15, 0.2) is 59.3 Å². The molecular weight excluding hydrogens is 319 g/mol. The Labute approximate surface area is 143 Å². The van der Waals surface area contributed by atoms with Crippen LogP contribution in [0.25, 0.3) is 34.1 Å². The van der Waals surface area contributed by atoms with Gasteiger partial charge in [0, 0.05) is 29.9 Å². The second kappa shape index (κ2) is 5.98. The molecule has 0 spiro atoms. The molecule has 25 heavy (non-hydrogen) atoms. The van der Waals surface area contributed by atoms with Crippen molar-refractivity contribution < 1.29 is 8.91 Å². The van der Waals surface area contributed by atoms with Crippen LogP contribution in [0.5, 0.6) is 0 Å². The van der Waals surface area contributed by atoms with Crippen LogP contribution in [0.3, 0.4) is 0 Å². The molecule has 6 heteroatoms. The first-order chi connectivity index (χ1) is 12.1. The third kappa shape index (κ3) is 2.82. The average molecular weight is 334 g/mol. The number of hydrogen-bond donors (Lipinski definition) is 0. The minimum Gasteiger partial charge on any atom is -0.334 e. The molecule has 0 unspecified atom stereocenters. The van der Waals surface area contributed by atoms with E-state index in [0.717, 1.165) is 16.8 Å². The highest BCUT2D eigenvalue weighted by Crippen LogP contribution is 2.27. The molecule has 0 amide bonds. The van der Waals surface area contributed by atoms with E-state index in [0.29, 0.717) is 22.8 Å². The summed E-state index contributed by atoms with van der Waals surface area (Å²) in [6.45, 7) is 1.71. The molecule has 2 heterocycles. The maximum absolute atomic E-state index is 13.7. The van der Waals surface area contributed by atoms with E-state index in [1.165, 1.54) is 6.07 Å². The number of rotatable bonds is 3. The lowest BCUT2D eigenvalue weighted by molar-refractivity contribution is 0.432. The SMILES string of the molecule is Cc1ccc(-c2nc(-c3cccc(-c4ccnn4C)c3)no2)cc1F. The van der Waals surface area contributed by atoms with Crippen LogP contribution in [-0.2, 0) is 7.05 Å². The maximum atomic E-state index is 13.7. The van der Waals surface area contributed by atoms with Crippen molar-refractivity contribution >= 4 is 0 Å². The summed E-state index contributed by atoms with van der Waals surface area (Å²) >= 11 is 0. The molecule has 0 saturated heterocycles. The molecule has 2 aromatic heterocycles. The number of nitrogens with zero attached hydrogens (tertiary/aromatic N) is 4. The van der Waals surface area contributed by atoms with Crippen molar-refractivity contribution in [1.29, 1.82) is 0 Å². The highest BCUT2D eigenvalue weighted by atomic mass is 19.1. The van der Waals surface area contributed by atoms with Crippen molar-refractivity contribution in [3.8, 4) is 34.1 Å². The van der Waals surface area contributed by atoms with Crippen molar-refractivity contribution in [2.24, 2.45) is 7.05 Å². The number of benzene rings is 2. The van der Waals surface area contributed by atoms with Crippen molar-refractivity contribution in [3.05, 3.63) is 66.1 Å². The molecule has 0 bridgehead atoms. The summed E-state index contributed by atoms with van der Waals surface area (Å²) in [4.78, 5) is 4.40. The third-order valence-corrected chi connectivity index (χ3v) is 4.08. The molecule has 0 aliphatic rings. The Morgan fingerprint density at radius 2 is 1.84 bits per heavy atom. The lowest BCUT2D eigenvalue weighted by Gasteiger charge is -2.03. The molecule has 5 nitrogen and oxygen atoms in total. The van der Waals surface area contributed by atoms with E-state index >= 15 is 0 Å². The van der Waals surface area contributed by atoms with Gasteiger partial charge in [0.15, 0.2) is 0 Å². The van der Waals surface area contributed by atoms with Gasteiger partial charge in [0.05, 0.1) is 5.69 Å². The Hall–Kier alpha value is -3.28. The fourth-order valence-electron chi connectivity index (χ4n) is 2.66. The highest BCUT2D eigenvalue weighted by Gasteiger charge is 2.13. The first-order valence-corrected chi connectivity index (χ1v) is 7.81. The summed E-state index contributed by atoms with van der Waals surface area (Å²) in [7, 11) is 1.89. The minimum atomic E-state index is -0.296. The second-order valence-electron chi connectivity index (χ2n) is 5.81. The molecule has 0 aliphatic carbocycles. The lowest BCUT2D eigenvalue weighted by atomic mass is 10.1. The summed E-state index contributed by atoms with van der Waals surface area (Å²) in [6.07, 6.45) is 1.75. The van der Waals surface area contributed by atoms with Gasteiger partial charge in [-0.25, -0.2) is 4.39 Å². The molecule has 0 saturated carbocycles. The largest absolute Gasteiger partial charge is 0.334 e. The smallest absolute Gasteiger partial charge is 0.258 e. The van der Waals surface area contributed by atoms with Crippen LogP contribution in [0.4, 0.5) is 4.39 Å². The van der Waals surface area contributed by atoms with Gasteiger partial charge in [-0.3, -0.25) is 4.68 Å². The molecule has 4 rings (SSSR count). The molecule has 0 aliphatic heterocycles. The Bertz CT molecular complexity index is 1050. The average Bonchev–Trinajstić information content (AvgIpc) is 3.27. The Balaban J connectivity index is 1.71. The van der Waals surface area contributed by atoms with E-state index in [4.69, 9.17) is 4.52 Å². The summed E-state index contributed by atoms with van der Waals surface area (Å²) in [6, 6.07) is 14.6. The van der Waals surface area contributed by atoms with Gasteiger partial charge in [-0.15, -0.1) is 0 Å². The number of halogens is 1. The summed E-state index contributed by atoms with van der Waals surface area (Å²) < 4.78 is 20.9. The predicted octanol–water partition coefficient (Wildman–Crippen LogP) is 4.25. The van der Waals surface area contributed by atoms with Gasteiger partial charge in [-0.1, -0.05) is 29.4 Å². The molecule has 0 atom stereocenters. The van der Waals surface area contributed by atoms with Crippen molar-refractivity contribution in [3.63, 3.8) is 0 Å². The highest BCUT2D eigenvalue weighted by molar-refractivity contribution is 5.68. The summed E-state index contributed by atoms with van der Waals surface area (Å²) in [5, 5.41) is 8.21. The fraction of sp³-hybridized carbons (Fsp3) is 0.105. The molecule has 2 aromatic carbocycles. The molecule has 0 N–H and O–H groups in total. The monoisotopic (exact) mass is 334 g/mol. The summed E-state index contributed by atoms with van der Waals surface area (Å²) in [5.74, 6) is 0.454. The number of hydrogen-bond acceptors (Lipinski definition) is 4. The third-order valence-electron chi connectivity index (χ3n) is 4.08. The van der Waals surface area contributed by atoms with E-state index in [9.17, 15) is 4.39 Å². The zero-order valence-electron chi connectivity index (χ0n) is 13.8. The Morgan fingerprint density at radius 1 is 1.00 bits per heavy atom. The van der Waals surface area contributed by atoms with Gasteiger partial charge >= 0.3 is 0 Å². The van der Waals surface area contributed by atoms with Crippen LogP contribution < -0.4 is 0 Å². The number of aryl methyl sites for hydroxylation is 2. The van der Waals surface area contributed by atoms with Gasteiger partial charge in [-0.2, -0.15) is 10.1 Å². The van der Waals surface area contributed by atoms with Crippen LogP contribution >= 0.6 is 0 Å². The molecule has 124 valence electrons. The van der Waals surface area contributed by atoms with Crippen molar-refractivity contribution in [1.82, 2.24) is 19.9 Å². The maximum Gasteiger partial charge on any atom is 0.258 e. The molecule has 0 radical (unpaired) electrons. The lowest BCUT2D eigenvalue weighted by Crippen LogP contribution is -1.93. The zero-order valence-corrected chi connectivity index (χ0v) is 13.8. The Kier molecular flexibility index (Phi) is 3.65.